The molecule has 6 heteroatoms. The summed E-state index contributed by atoms with van der Waals surface area (Å²) in [6, 6.07) is 6.22. The number of hydrogen-bond acceptors (Lipinski definition) is 3. The summed E-state index contributed by atoms with van der Waals surface area (Å²) in [4.78, 5) is 12.6. The Morgan fingerprint density at radius 3 is 2.56 bits per heavy atom. The van der Waals surface area contributed by atoms with Crippen molar-refractivity contribution in [3.63, 3.8) is 0 Å². The molecule has 0 aliphatic carbocycles. The van der Waals surface area contributed by atoms with E-state index < -0.39 is 18.9 Å². The molecule has 1 aromatic carbocycles. The lowest BCUT2D eigenvalue weighted by atomic mass is 10.1. The number of carbonyl (C=O) groups excluding carboxylic acids is 1. The maximum atomic E-state index is 12.3. The van der Waals surface area contributed by atoms with Crippen molar-refractivity contribution >= 4 is 5.91 Å². The Balaban J connectivity index is 2.69. The Morgan fingerprint density at radius 2 is 2.00 bits per heavy atom. The Hall–Kier alpha value is -1.69. The van der Waals surface area contributed by atoms with Crippen LogP contribution in [0.5, 0.6) is 5.75 Å². The molecule has 0 unspecified atom stereocenters. The van der Waals surface area contributed by atoms with E-state index in [1.54, 1.807) is 18.2 Å². The number of phenolic OH excluding ortho intramolecular Hbond substituents is 1. The van der Waals surface area contributed by atoms with Gasteiger partial charge in [0.15, 0.2) is 0 Å². The number of aromatic hydroxyl groups is 1. The Morgan fingerprint density at radius 1 is 1.33 bits per heavy atom. The minimum absolute atomic E-state index is 0.0492. The molecule has 0 spiro atoms. The van der Waals surface area contributed by atoms with E-state index in [-0.39, 0.29) is 25.3 Å². The fourth-order valence-electron chi connectivity index (χ4n) is 1.54. The smallest absolute Gasteiger partial charge is 0.255 e. The van der Waals surface area contributed by atoms with E-state index in [1.807, 2.05) is 0 Å². The number of carbonyl (C=O) groups is 1. The van der Waals surface area contributed by atoms with E-state index in [2.05, 4.69) is 0 Å². The Kier molecular flexibility index (Phi) is 5.51. The molecule has 100 valence electrons. The molecule has 0 aliphatic rings. The van der Waals surface area contributed by atoms with Crippen LogP contribution >= 0.6 is 0 Å². The molecule has 1 aromatic rings. The molecule has 0 saturated heterocycles. The molecule has 0 saturated carbocycles. The van der Waals surface area contributed by atoms with Crippen molar-refractivity contribution in [2.75, 3.05) is 19.7 Å². The number of alkyl halides is 2. The van der Waals surface area contributed by atoms with Gasteiger partial charge in [-0.2, -0.15) is 0 Å². The predicted octanol–water partition coefficient (Wildman–Crippen LogP) is 1.02. The van der Waals surface area contributed by atoms with E-state index in [0.717, 1.165) is 4.90 Å². The van der Waals surface area contributed by atoms with E-state index in [4.69, 9.17) is 5.11 Å². The second-order valence-electron chi connectivity index (χ2n) is 3.76. The number of amides is 1. The summed E-state index contributed by atoms with van der Waals surface area (Å²) in [5.41, 5.74) is 0.375. The number of rotatable bonds is 6. The molecular weight excluding hydrogens is 244 g/mol. The highest BCUT2D eigenvalue weighted by Gasteiger charge is 2.18. The van der Waals surface area contributed by atoms with Crippen LogP contribution in [0.1, 0.15) is 5.56 Å². The van der Waals surface area contributed by atoms with Gasteiger partial charge >= 0.3 is 0 Å². The maximum Gasteiger partial charge on any atom is 0.255 e. The highest BCUT2D eigenvalue weighted by atomic mass is 19.3. The molecule has 2 N–H and O–H groups in total. The van der Waals surface area contributed by atoms with Crippen LogP contribution in [0.15, 0.2) is 24.3 Å². The van der Waals surface area contributed by atoms with Crippen molar-refractivity contribution in [2.45, 2.75) is 12.8 Å². The summed E-state index contributed by atoms with van der Waals surface area (Å²) in [6.07, 6.45) is -2.82. The Bertz CT molecular complexity index is 399. The number of aliphatic hydroxyl groups is 1. The first kappa shape index (κ1) is 14.4. The van der Waals surface area contributed by atoms with Crippen LogP contribution < -0.4 is 0 Å². The lowest BCUT2D eigenvalue weighted by Crippen LogP contribution is -2.38. The van der Waals surface area contributed by atoms with Gasteiger partial charge in [-0.05, 0) is 6.07 Å². The van der Waals surface area contributed by atoms with Gasteiger partial charge in [-0.15, -0.1) is 0 Å². The molecular formula is C12H15F2NO3. The highest BCUT2D eigenvalue weighted by molar-refractivity contribution is 5.79. The van der Waals surface area contributed by atoms with Crippen LogP contribution in [0.3, 0.4) is 0 Å². The second kappa shape index (κ2) is 6.90. The zero-order chi connectivity index (χ0) is 13.5. The van der Waals surface area contributed by atoms with Crippen molar-refractivity contribution in [1.29, 1.82) is 0 Å². The summed E-state index contributed by atoms with van der Waals surface area (Å²) in [6.45, 7) is -1.23. The number of halogens is 2. The van der Waals surface area contributed by atoms with Crippen LogP contribution in [0.2, 0.25) is 0 Å². The minimum Gasteiger partial charge on any atom is -0.508 e. The normalized spacial score (nSPS) is 10.7. The largest absolute Gasteiger partial charge is 0.508 e. The van der Waals surface area contributed by atoms with Crippen LogP contribution in [0.25, 0.3) is 0 Å². The van der Waals surface area contributed by atoms with Crippen molar-refractivity contribution in [2.24, 2.45) is 0 Å². The molecule has 0 heterocycles. The van der Waals surface area contributed by atoms with Crippen LogP contribution in [0, 0.1) is 0 Å². The topological polar surface area (TPSA) is 60.8 Å². The summed E-state index contributed by atoms with van der Waals surface area (Å²) >= 11 is 0. The zero-order valence-electron chi connectivity index (χ0n) is 9.72. The molecule has 0 aromatic heterocycles. The number of aliphatic hydroxyl groups excluding tert-OH is 1. The highest BCUT2D eigenvalue weighted by Crippen LogP contribution is 2.17. The molecule has 0 aliphatic heterocycles. The van der Waals surface area contributed by atoms with Crippen molar-refractivity contribution in [3.05, 3.63) is 29.8 Å². The monoisotopic (exact) mass is 259 g/mol. The third-order valence-corrected chi connectivity index (χ3v) is 2.41. The molecule has 4 nitrogen and oxygen atoms in total. The molecule has 0 bridgehead atoms. The molecule has 0 fully saturated rings. The summed E-state index contributed by atoms with van der Waals surface area (Å²) in [7, 11) is 0. The first-order chi connectivity index (χ1) is 8.54. The molecule has 1 rings (SSSR count). The van der Waals surface area contributed by atoms with E-state index in [9.17, 15) is 18.7 Å². The molecule has 0 atom stereocenters. The summed E-state index contributed by atoms with van der Waals surface area (Å²) < 4.78 is 24.5. The van der Waals surface area contributed by atoms with Gasteiger partial charge in [0.2, 0.25) is 5.91 Å². The van der Waals surface area contributed by atoms with Crippen molar-refractivity contribution in [3.8, 4) is 5.75 Å². The zero-order valence-corrected chi connectivity index (χ0v) is 9.72. The lowest BCUT2D eigenvalue weighted by molar-refractivity contribution is -0.133. The van der Waals surface area contributed by atoms with Gasteiger partial charge < -0.3 is 15.1 Å². The van der Waals surface area contributed by atoms with Crippen LogP contribution in [-0.4, -0.2) is 47.1 Å². The van der Waals surface area contributed by atoms with Gasteiger partial charge in [-0.1, -0.05) is 18.2 Å². The first-order valence-electron chi connectivity index (χ1n) is 5.48. The standard InChI is InChI=1S/C12H15F2NO3/c13-11(14)8-15(5-6-16)12(18)7-9-3-1-2-4-10(9)17/h1-4,11,16-17H,5-8H2. The predicted molar refractivity (Wildman–Crippen MR) is 61.5 cm³/mol. The average Bonchev–Trinajstić information content (AvgIpc) is 2.31. The fourth-order valence-corrected chi connectivity index (χ4v) is 1.54. The fraction of sp³-hybridized carbons (Fsp3) is 0.417. The van der Waals surface area contributed by atoms with Gasteiger partial charge in [0.1, 0.15) is 5.75 Å². The van der Waals surface area contributed by atoms with Gasteiger partial charge in [-0.3, -0.25) is 4.79 Å². The Labute approximate surface area is 103 Å². The van der Waals surface area contributed by atoms with Crippen molar-refractivity contribution in [1.82, 2.24) is 4.90 Å². The van der Waals surface area contributed by atoms with Gasteiger partial charge in [0.05, 0.1) is 19.6 Å². The van der Waals surface area contributed by atoms with E-state index in [1.165, 1.54) is 6.07 Å². The minimum atomic E-state index is -2.65. The summed E-state index contributed by atoms with van der Waals surface area (Å²) in [5, 5.41) is 18.2. The van der Waals surface area contributed by atoms with E-state index >= 15 is 0 Å². The SMILES string of the molecule is O=C(Cc1ccccc1O)N(CCO)CC(F)F. The van der Waals surface area contributed by atoms with Crippen LogP contribution in [0.4, 0.5) is 8.78 Å². The summed E-state index contributed by atoms with van der Waals surface area (Å²) in [5.74, 6) is -0.599. The quantitative estimate of drug-likeness (QED) is 0.802. The van der Waals surface area contributed by atoms with Crippen LogP contribution in [-0.2, 0) is 11.2 Å². The number of hydrogen-bond donors (Lipinski definition) is 2. The first-order valence-corrected chi connectivity index (χ1v) is 5.48. The van der Waals surface area contributed by atoms with Gasteiger partial charge in [0.25, 0.3) is 6.43 Å². The van der Waals surface area contributed by atoms with Gasteiger partial charge in [0, 0.05) is 12.1 Å². The third kappa shape index (κ3) is 4.29. The third-order valence-electron chi connectivity index (χ3n) is 2.41. The number of benzene rings is 1. The molecule has 1 amide bonds. The maximum absolute atomic E-state index is 12.3. The molecule has 0 radical (unpaired) electrons. The number of phenols is 1. The lowest BCUT2D eigenvalue weighted by Gasteiger charge is -2.21. The van der Waals surface area contributed by atoms with E-state index in [0.29, 0.717) is 5.56 Å². The molecule has 18 heavy (non-hydrogen) atoms. The number of nitrogens with zero attached hydrogens (tertiary/aromatic N) is 1. The number of para-hydroxylation sites is 1. The van der Waals surface area contributed by atoms with Crippen molar-refractivity contribution < 1.29 is 23.8 Å². The van der Waals surface area contributed by atoms with Gasteiger partial charge in [-0.25, -0.2) is 8.78 Å². The second-order valence-corrected chi connectivity index (χ2v) is 3.76. The average molecular weight is 259 g/mol.